The van der Waals surface area contributed by atoms with Gasteiger partial charge in [0.25, 0.3) is 0 Å². The molecule has 91 heavy (non-hydrogen) atoms. The van der Waals surface area contributed by atoms with E-state index in [1.54, 1.807) is 0 Å². The number of nitrogens with zero attached hydrogens (tertiary/aromatic N) is 4. The van der Waals surface area contributed by atoms with Crippen LogP contribution in [0.1, 0.15) is 108 Å². The summed E-state index contributed by atoms with van der Waals surface area (Å²) in [4.78, 5) is 4.61. The summed E-state index contributed by atoms with van der Waals surface area (Å²) in [6.45, 7) is 14.1. The summed E-state index contributed by atoms with van der Waals surface area (Å²) in [5, 5.41) is 19.4. The van der Waals surface area contributed by atoms with E-state index in [2.05, 4.69) is 306 Å². The summed E-state index contributed by atoms with van der Waals surface area (Å²) in [7, 11) is 0. The van der Waals surface area contributed by atoms with E-state index in [4.69, 9.17) is 0 Å². The Kier molecular flexibility index (Phi) is 13.6. The standard InChI is InChI=1S/C87H66N4/c1-85(2)79-47-57(23-25-59-33-43-75-77-45-39-71(53-83(77)86(3,4)81(75)49-59)90(67-35-27-61(55-88)28-36-67)69-21-13-19-65(51-69)63-15-9-7-10-16-63)31-41-73(79)74-42-32-58(48-80(74)85)24-26-60-34-44-76-78-46-40-72(54-84(78)87(5,6)82(76)50-60)91(68-37-29-62(56-89)30-38-68)70-22-14-20-66(52-70)64-17-11-8-12-18-64/h7-54H,1-6H3/b25-23+,26-24+. The number of hydrogen-bond donors (Lipinski definition) is 0. The fourth-order valence-electron chi connectivity index (χ4n) is 14.5. The van der Waals surface area contributed by atoms with Gasteiger partial charge in [-0.2, -0.15) is 10.5 Å². The summed E-state index contributed by atoms with van der Waals surface area (Å²) < 4.78 is 0. The van der Waals surface area contributed by atoms with E-state index in [9.17, 15) is 10.5 Å². The fourth-order valence-corrected chi connectivity index (χ4v) is 14.5. The highest BCUT2D eigenvalue weighted by Gasteiger charge is 2.39. The minimum Gasteiger partial charge on any atom is -0.310 e. The Morgan fingerprint density at radius 1 is 0.253 bits per heavy atom. The molecule has 434 valence electrons. The number of benzene rings is 12. The topological polar surface area (TPSA) is 54.1 Å². The fraction of sp³-hybridized carbons (Fsp3) is 0.103. The Morgan fingerprint density at radius 2 is 0.516 bits per heavy atom. The highest BCUT2D eigenvalue weighted by molar-refractivity contribution is 5.91. The number of anilines is 6. The van der Waals surface area contributed by atoms with Gasteiger partial charge in [-0.3, -0.25) is 0 Å². The van der Waals surface area contributed by atoms with Crippen LogP contribution < -0.4 is 9.80 Å². The SMILES string of the molecule is CC1(C)c2cc(/C=C/c3ccc4c(c3)C(C)(C)c3cc(N(c5ccc(C#N)cc5)c5cccc(-c6ccccc6)c5)ccc3-4)ccc2-c2ccc(/C=C/c3ccc4c(c3)C(C)(C)c3cc(N(c5ccc(C#N)cc5)c5cccc(-c6ccccc6)c5)ccc3-4)cc21. The first-order chi connectivity index (χ1) is 44.2. The van der Waals surface area contributed by atoms with Gasteiger partial charge in [0.05, 0.1) is 23.3 Å². The van der Waals surface area contributed by atoms with Crippen LogP contribution in [0.4, 0.5) is 34.1 Å². The van der Waals surface area contributed by atoms with Gasteiger partial charge in [0.1, 0.15) is 0 Å². The van der Waals surface area contributed by atoms with E-state index in [1.807, 2.05) is 48.5 Å². The number of rotatable bonds is 12. The molecular weight excluding hydrogens is 1100 g/mol. The maximum Gasteiger partial charge on any atom is 0.0991 e. The molecule has 0 amide bonds. The van der Waals surface area contributed by atoms with Crippen LogP contribution in [0.2, 0.25) is 0 Å². The molecule has 0 saturated heterocycles. The van der Waals surface area contributed by atoms with Crippen LogP contribution in [0.15, 0.2) is 267 Å². The molecule has 0 N–H and O–H groups in total. The Balaban J connectivity index is 0.664. The van der Waals surface area contributed by atoms with Crippen molar-refractivity contribution >= 4 is 58.4 Å². The van der Waals surface area contributed by atoms with Gasteiger partial charge in [0, 0.05) is 50.4 Å². The molecule has 0 saturated carbocycles. The van der Waals surface area contributed by atoms with Gasteiger partial charge in [0.15, 0.2) is 0 Å². The zero-order chi connectivity index (χ0) is 62.2. The lowest BCUT2D eigenvalue weighted by molar-refractivity contribution is 0.660. The molecule has 4 nitrogen and oxygen atoms in total. The molecule has 3 aliphatic carbocycles. The third-order valence-corrected chi connectivity index (χ3v) is 19.5. The monoisotopic (exact) mass is 1170 g/mol. The zero-order valence-corrected chi connectivity index (χ0v) is 52.0. The Hall–Kier alpha value is -11.3. The van der Waals surface area contributed by atoms with E-state index in [1.165, 1.54) is 89.0 Å². The molecule has 12 aromatic carbocycles. The highest BCUT2D eigenvalue weighted by Crippen LogP contribution is 2.54. The van der Waals surface area contributed by atoms with Gasteiger partial charge in [-0.25, -0.2) is 0 Å². The molecule has 15 rings (SSSR count). The van der Waals surface area contributed by atoms with Crippen molar-refractivity contribution in [3.63, 3.8) is 0 Å². The van der Waals surface area contributed by atoms with Gasteiger partial charge in [-0.1, -0.05) is 236 Å². The van der Waals surface area contributed by atoms with Crippen LogP contribution in [-0.4, -0.2) is 0 Å². The lowest BCUT2D eigenvalue weighted by atomic mass is 9.81. The van der Waals surface area contributed by atoms with Gasteiger partial charge < -0.3 is 9.80 Å². The first-order valence-electron chi connectivity index (χ1n) is 31.4. The third kappa shape index (κ3) is 9.86. The van der Waals surface area contributed by atoms with Gasteiger partial charge >= 0.3 is 0 Å². The minimum atomic E-state index is -0.252. The van der Waals surface area contributed by atoms with Crippen molar-refractivity contribution in [2.45, 2.75) is 57.8 Å². The van der Waals surface area contributed by atoms with E-state index in [0.29, 0.717) is 11.1 Å². The second kappa shape index (κ2) is 22.1. The van der Waals surface area contributed by atoms with Crippen LogP contribution in [0.5, 0.6) is 0 Å². The molecule has 0 aliphatic heterocycles. The van der Waals surface area contributed by atoms with Crippen LogP contribution in [0, 0.1) is 22.7 Å². The lowest BCUT2D eigenvalue weighted by Crippen LogP contribution is -2.16. The first kappa shape index (κ1) is 56.2. The molecule has 0 spiro atoms. The molecular formula is C87H66N4. The normalized spacial score (nSPS) is 14.0. The van der Waals surface area contributed by atoms with Crippen molar-refractivity contribution in [2.75, 3.05) is 9.80 Å². The van der Waals surface area contributed by atoms with Gasteiger partial charge in [-0.05, 0) is 208 Å². The van der Waals surface area contributed by atoms with Gasteiger partial charge in [0.2, 0.25) is 0 Å². The molecule has 4 heteroatoms. The second-order valence-electron chi connectivity index (χ2n) is 26.0. The Labute approximate surface area is 534 Å². The minimum absolute atomic E-state index is 0.191. The Morgan fingerprint density at radius 3 is 0.824 bits per heavy atom. The summed E-state index contributed by atoms with van der Waals surface area (Å²) in [5.74, 6) is 0. The molecule has 0 fully saturated rings. The largest absolute Gasteiger partial charge is 0.310 e. The maximum atomic E-state index is 9.69. The molecule has 0 bridgehead atoms. The molecule has 12 aromatic rings. The molecule has 0 aromatic heterocycles. The number of fused-ring (bicyclic) bond motifs is 9. The third-order valence-electron chi connectivity index (χ3n) is 19.5. The Bertz CT molecular complexity index is 4710. The van der Waals surface area contributed by atoms with Crippen molar-refractivity contribution < 1.29 is 0 Å². The van der Waals surface area contributed by atoms with Crippen LogP contribution in [0.25, 0.3) is 79.9 Å². The van der Waals surface area contributed by atoms with Crippen molar-refractivity contribution in [3.05, 3.63) is 334 Å². The molecule has 0 atom stereocenters. The van der Waals surface area contributed by atoms with E-state index < -0.39 is 0 Å². The lowest BCUT2D eigenvalue weighted by Gasteiger charge is -2.28. The maximum absolute atomic E-state index is 9.69. The average molecular weight is 1170 g/mol. The molecule has 3 aliphatic rings. The van der Waals surface area contributed by atoms with Crippen LogP contribution in [-0.2, 0) is 16.2 Å². The van der Waals surface area contributed by atoms with Crippen molar-refractivity contribution in [1.29, 1.82) is 10.5 Å². The van der Waals surface area contributed by atoms with E-state index in [0.717, 1.165) is 56.4 Å². The predicted octanol–water partition coefficient (Wildman–Crippen LogP) is 23.0. The second-order valence-corrected chi connectivity index (χ2v) is 26.0. The van der Waals surface area contributed by atoms with Gasteiger partial charge in [-0.15, -0.1) is 0 Å². The first-order valence-corrected chi connectivity index (χ1v) is 31.4. The number of hydrogen-bond acceptors (Lipinski definition) is 4. The molecule has 0 unspecified atom stereocenters. The number of nitriles is 2. The van der Waals surface area contributed by atoms with Crippen LogP contribution >= 0.6 is 0 Å². The average Bonchev–Trinajstić information content (AvgIpc) is 1.61. The smallest absolute Gasteiger partial charge is 0.0991 e. The summed E-state index contributed by atoms with van der Waals surface area (Å²) in [5.41, 5.74) is 31.7. The van der Waals surface area contributed by atoms with E-state index in [-0.39, 0.29) is 16.2 Å². The molecule has 0 radical (unpaired) electrons. The van der Waals surface area contributed by atoms with Crippen molar-refractivity contribution in [3.8, 4) is 67.8 Å². The van der Waals surface area contributed by atoms with E-state index >= 15 is 0 Å². The van der Waals surface area contributed by atoms with Crippen molar-refractivity contribution in [2.24, 2.45) is 0 Å². The summed E-state index contributed by atoms with van der Waals surface area (Å²) >= 11 is 0. The zero-order valence-electron chi connectivity index (χ0n) is 52.0. The summed E-state index contributed by atoms with van der Waals surface area (Å²) in [6, 6.07) is 100. The quantitative estimate of drug-likeness (QED) is 0.114. The predicted molar refractivity (Wildman–Crippen MR) is 380 cm³/mol. The molecule has 0 heterocycles. The van der Waals surface area contributed by atoms with Crippen LogP contribution in [0.3, 0.4) is 0 Å². The highest BCUT2D eigenvalue weighted by atomic mass is 15.1. The van der Waals surface area contributed by atoms with Crippen molar-refractivity contribution in [1.82, 2.24) is 0 Å². The summed E-state index contributed by atoms with van der Waals surface area (Å²) in [6.07, 6.45) is 9.09.